The first-order chi connectivity index (χ1) is 10.6. The lowest BCUT2D eigenvalue weighted by Gasteiger charge is -2.30. The summed E-state index contributed by atoms with van der Waals surface area (Å²) in [5, 5.41) is 0. The quantitative estimate of drug-likeness (QED) is 0.779. The zero-order valence-electron chi connectivity index (χ0n) is 13.5. The molecule has 1 aliphatic heterocycles. The maximum atomic E-state index is 13.5. The van der Waals surface area contributed by atoms with E-state index in [4.69, 9.17) is 9.47 Å². The minimum Gasteiger partial charge on any atom is -0.460 e. The number of ether oxygens (including phenoxy) is 2. The number of esters is 1. The summed E-state index contributed by atoms with van der Waals surface area (Å²) in [5.41, 5.74) is 0.329. The molecule has 1 saturated heterocycles. The Hall–Kier alpha value is -1.56. The fourth-order valence-corrected chi connectivity index (χ4v) is 2.54. The SMILES string of the molecule is CC(C)(C)OC(=O)Cc1cc(F)ccc1C1CCC(F)(F)CO1. The van der Waals surface area contributed by atoms with Crippen LogP contribution in [0.4, 0.5) is 13.2 Å². The molecule has 1 aromatic rings. The van der Waals surface area contributed by atoms with E-state index in [1.807, 2.05) is 0 Å². The number of rotatable bonds is 3. The van der Waals surface area contributed by atoms with Gasteiger partial charge in [0.15, 0.2) is 0 Å². The molecule has 2 rings (SSSR count). The molecule has 1 fully saturated rings. The maximum absolute atomic E-state index is 13.5. The smallest absolute Gasteiger partial charge is 0.310 e. The van der Waals surface area contributed by atoms with Gasteiger partial charge in [-0.25, -0.2) is 13.2 Å². The van der Waals surface area contributed by atoms with Gasteiger partial charge in [-0.05, 0) is 50.5 Å². The second-order valence-corrected chi connectivity index (χ2v) is 6.80. The Balaban J connectivity index is 2.16. The molecule has 1 aromatic carbocycles. The van der Waals surface area contributed by atoms with Crippen LogP contribution < -0.4 is 0 Å². The standard InChI is InChI=1S/C17H21F3O3/c1-16(2,3)23-15(21)9-11-8-12(18)4-5-13(11)14-6-7-17(19,20)10-22-14/h4-5,8,14H,6-7,9-10H2,1-3H3. The predicted octanol–water partition coefficient (Wildman–Crippen LogP) is 4.20. The van der Waals surface area contributed by atoms with Gasteiger partial charge >= 0.3 is 5.97 Å². The monoisotopic (exact) mass is 330 g/mol. The van der Waals surface area contributed by atoms with Crippen LogP contribution in [0.15, 0.2) is 18.2 Å². The van der Waals surface area contributed by atoms with Gasteiger partial charge in [0.2, 0.25) is 0 Å². The Labute approximate surface area is 133 Å². The van der Waals surface area contributed by atoms with Crippen molar-refractivity contribution in [1.82, 2.24) is 0 Å². The van der Waals surface area contributed by atoms with Gasteiger partial charge in [0.1, 0.15) is 18.0 Å². The van der Waals surface area contributed by atoms with Crippen molar-refractivity contribution in [2.75, 3.05) is 6.61 Å². The van der Waals surface area contributed by atoms with Gasteiger partial charge in [0.05, 0.1) is 12.5 Å². The third-order valence-electron chi connectivity index (χ3n) is 3.47. The highest BCUT2D eigenvalue weighted by Gasteiger charge is 2.37. The topological polar surface area (TPSA) is 35.5 Å². The van der Waals surface area contributed by atoms with Crippen molar-refractivity contribution in [2.45, 2.75) is 57.7 Å². The molecule has 0 aliphatic carbocycles. The Morgan fingerprint density at radius 3 is 2.65 bits per heavy atom. The first-order valence-electron chi connectivity index (χ1n) is 7.55. The van der Waals surface area contributed by atoms with E-state index in [9.17, 15) is 18.0 Å². The molecule has 0 aromatic heterocycles. The van der Waals surface area contributed by atoms with Crippen LogP contribution >= 0.6 is 0 Å². The molecule has 1 heterocycles. The van der Waals surface area contributed by atoms with Gasteiger partial charge in [0, 0.05) is 6.42 Å². The average molecular weight is 330 g/mol. The second-order valence-electron chi connectivity index (χ2n) is 6.80. The molecule has 0 spiro atoms. The van der Waals surface area contributed by atoms with Crippen molar-refractivity contribution in [3.05, 3.63) is 35.1 Å². The van der Waals surface area contributed by atoms with E-state index in [1.54, 1.807) is 20.8 Å². The highest BCUT2D eigenvalue weighted by Crippen LogP contribution is 2.37. The third kappa shape index (κ3) is 5.23. The Morgan fingerprint density at radius 1 is 1.39 bits per heavy atom. The summed E-state index contributed by atoms with van der Waals surface area (Å²) >= 11 is 0. The third-order valence-corrected chi connectivity index (χ3v) is 3.47. The summed E-state index contributed by atoms with van der Waals surface area (Å²) < 4.78 is 50.4. The van der Waals surface area contributed by atoms with E-state index >= 15 is 0 Å². The van der Waals surface area contributed by atoms with Gasteiger partial charge in [-0.1, -0.05) is 6.07 Å². The van der Waals surface area contributed by atoms with Crippen LogP contribution in [0.25, 0.3) is 0 Å². The maximum Gasteiger partial charge on any atom is 0.310 e. The van der Waals surface area contributed by atoms with Crippen LogP contribution in [-0.2, 0) is 20.7 Å². The van der Waals surface area contributed by atoms with E-state index in [0.717, 1.165) is 0 Å². The van der Waals surface area contributed by atoms with Gasteiger partial charge < -0.3 is 9.47 Å². The van der Waals surface area contributed by atoms with Crippen LogP contribution in [0.2, 0.25) is 0 Å². The number of carbonyl (C=O) groups excluding carboxylic acids is 1. The zero-order chi connectivity index (χ0) is 17.3. The van der Waals surface area contributed by atoms with Crippen molar-refractivity contribution in [1.29, 1.82) is 0 Å². The number of benzene rings is 1. The lowest BCUT2D eigenvalue weighted by molar-refractivity contribution is -0.154. The fourth-order valence-electron chi connectivity index (χ4n) is 2.54. The summed E-state index contributed by atoms with van der Waals surface area (Å²) in [6.07, 6.45) is -0.853. The molecule has 1 aliphatic rings. The molecule has 0 bridgehead atoms. The van der Waals surface area contributed by atoms with Gasteiger partial charge in [-0.3, -0.25) is 4.79 Å². The van der Waals surface area contributed by atoms with E-state index < -0.39 is 36.0 Å². The van der Waals surface area contributed by atoms with E-state index in [1.165, 1.54) is 18.2 Å². The van der Waals surface area contributed by atoms with E-state index in [0.29, 0.717) is 11.1 Å². The molecule has 3 nitrogen and oxygen atoms in total. The number of hydrogen-bond acceptors (Lipinski definition) is 3. The Bertz CT molecular complexity index is 569. The molecule has 0 saturated carbocycles. The van der Waals surface area contributed by atoms with Crippen LogP contribution in [0.3, 0.4) is 0 Å². The van der Waals surface area contributed by atoms with Crippen molar-refractivity contribution in [2.24, 2.45) is 0 Å². The summed E-state index contributed by atoms with van der Waals surface area (Å²) in [4.78, 5) is 12.0. The normalized spacial score (nSPS) is 21.0. The van der Waals surface area contributed by atoms with Gasteiger partial charge in [0.25, 0.3) is 5.92 Å². The van der Waals surface area contributed by atoms with Crippen LogP contribution in [0, 0.1) is 5.82 Å². The molecular formula is C17H21F3O3. The summed E-state index contributed by atoms with van der Waals surface area (Å²) in [6, 6.07) is 3.96. The molecule has 1 unspecified atom stereocenters. The molecule has 128 valence electrons. The largest absolute Gasteiger partial charge is 0.460 e. The molecule has 1 atom stereocenters. The number of hydrogen-bond donors (Lipinski definition) is 0. The summed E-state index contributed by atoms with van der Waals surface area (Å²) in [7, 11) is 0. The first kappa shape index (κ1) is 17.8. The number of carbonyl (C=O) groups is 1. The summed E-state index contributed by atoms with van der Waals surface area (Å²) in [6.45, 7) is 4.55. The van der Waals surface area contributed by atoms with Crippen molar-refractivity contribution < 1.29 is 27.4 Å². The van der Waals surface area contributed by atoms with Crippen molar-refractivity contribution in [3.63, 3.8) is 0 Å². The fraction of sp³-hybridized carbons (Fsp3) is 0.588. The molecule has 23 heavy (non-hydrogen) atoms. The molecular weight excluding hydrogens is 309 g/mol. The average Bonchev–Trinajstić information content (AvgIpc) is 2.37. The zero-order valence-corrected chi connectivity index (χ0v) is 13.5. The minimum absolute atomic E-state index is 0.124. The molecule has 0 amide bonds. The highest BCUT2D eigenvalue weighted by atomic mass is 19.3. The summed E-state index contributed by atoms with van der Waals surface area (Å²) in [5.74, 6) is -3.82. The second kappa shape index (κ2) is 6.51. The lowest BCUT2D eigenvalue weighted by atomic mass is 9.94. The Kier molecular flexibility index (Phi) is 5.04. The molecule has 0 radical (unpaired) electrons. The van der Waals surface area contributed by atoms with Crippen LogP contribution in [0.1, 0.15) is 50.8 Å². The van der Waals surface area contributed by atoms with Crippen LogP contribution in [0.5, 0.6) is 0 Å². The highest BCUT2D eigenvalue weighted by molar-refractivity contribution is 5.73. The van der Waals surface area contributed by atoms with E-state index in [-0.39, 0.29) is 19.3 Å². The molecule has 0 N–H and O–H groups in total. The van der Waals surface area contributed by atoms with Gasteiger partial charge in [-0.2, -0.15) is 0 Å². The molecule has 6 heteroatoms. The van der Waals surface area contributed by atoms with E-state index in [2.05, 4.69) is 0 Å². The van der Waals surface area contributed by atoms with Gasteiger partial charge in [-0.15, -0.1) is 0 Å². The Morgan fingerprint density at radius 2 is 2.09 bits per heavy atom. The number of alkyl halides is 2. The predicted molar refractivity (Wildman–Crippen MR) is 78.8 cm³/mol. The number of halogens is 3. The van der Waals surface area contributed by atoms with Crippen molar-refractivity contribution >= 4 is 5.97 Å². The van der Waals surface area contributed by atoms with Crippen molar-refractivity contribution in [3.8, 4) is 0 Å². The minimum atomic E-state index is -2.83. The van der Waals surface area contributed by atoms with Crippen LogP contribution in [-0.4, -0.2) is 24.1 Å². The lowest BCUT2D eigenvalue weighted by Crippen LogP contribution is -2.31. The first-order valence-corrected chi connectivity index (χ1v) is 7.55.